The highest BCUT2D eigenvalue weighted by molar-refractivity contribution is 7.99. The van der Waals surface area contributed by atoms with Crippen LogP contribution in [-0.4, -0.2) is 23.6 Å². The predicted molar refractivity (Wildman–Crippen MR) is 167 cm³/mol. The van der Waals surface area contributed by atoms with Crippen LogP contribution in [0.3, 0.4) is 0 Å². The molecule has 0 saturated heterocycles. The van der Waals surface area contributed by atoms with Gasteiger partial charge in [0.15, 0.2) is 0 Å². The molecule has 0 radical (unpaired) electrons. The van der Waals surface area contributed by atoms with E-state index < -0.39 is 0 Å². The van der Waals surface area contributed by atoms with E-state index >= 15 is 0 Å². The highest BCUT2D eigenvalue weighted by Gasteiger charge is 2.08. The summed E-state index contributed by atoms with van der Waals surface area (Å²) in [7, 11) is 0. The number of hydrogen-bond donors (Lipinski definition) is 3. The van der Waals surface area contributed by atoms with Gasteiger partial charge in [0.2, 0.25) is 5.91 Å². The fourth-order valence-corrected chi connectivity index (χ4v) is 3.67. The van der Waals surface area contributed by atoms with Gasteiger partial charge >= 0.3 is 0 Å². The number of hydrogen-bond acceptors (Lipinski definition) is 4. The molecule has 0 bridgehead atoms. The number of amides is 1. The van der Waals surface area contributed by atoms with E-state index in [1.807, 2.05) is 69.3 Å². The Hall–Kier alpha value is -2.76. The minimum absolute atomic E-state index is 0.121. The Bertz CT molecular complexity index is 851. The van der Waals surface area contributed by atoms with Gasteiger partial charge < -0.3 is 10.7 Å². The maximum absolute atomic E-state index is 12.2. The molecule has 0 aromatic heterocycles. The molecular formula is C32H49N3OS. The summed E-state index contributed by atoms with van der Waals surface area (Å²) in [5.74, 6) is 1.67. The minimum atomic E-state index is 0.121. The first-order valence-corrected chi connectivity index (χ1v) is 14.7. The number of carbonyl (C=O) groups is 1. The van der Waals surface area contributed by atoms with Crippen LogP contribution in [0, 0.1) is 6.92 Å². The van der Waals surface area contributed by atoms with Crippen molar-refractivity contribution in [1.82, 2.24) is 10.7 Å². The summed E-state index contributed by atoms with van der Waals surface area (Å²) in [6.07, 6.45) is 17.2. The lowest BCUT2D eigenvalue weighted by atomic mass is 10.1. The summed E-state index contributed by atoms with van der Waals surface area (Å²) in [4.78, 5) is 12.2. The third kappa shape index (κ3) is 22.2. The number of allylic oxidation sites excluding steroid dienone is 5. The van der Waals surface area contributed by atoms with Crippen molar-refractivity contribution in [2.24, 2.45) is 0 Å². The van der Waals surface area contributed by atoms with Gasteiger partial charge in [0.25, 0.3) is 0 Å². The molecule has 0 fully saturated rings. The van der Waals surface area contributed by atoms with Gasteiger partial charge in [-0.25, -0.2) is 5.43 Å². The number of hydrazine groups is 1. The van der Waals surface area contributed by atoms with Gasteiger partial charge in [0.05, 0.1) is 5.88 Å². The summed E-state index contributed by atoms with van der Waals surface area (Å²) >= 11 is 1.71. The van der Waals surface area contributed by atoms with Gasteiger partial charge in [-0.15, -0.1) is 11.8 Å². The molecule has 37 heavy (non-hydrogen) atoms. The number of rotatable bonds is 15. The maximum Gasteiger partial charge on any atom is 0.221 e. The average Bonchev–Trinajstić information content (AvgIpc) is 2.92. The lowest BCUT2D eigenvalue weighted by Gasteiger charge is -2.14. The quantitative estimate of drug-likeness (QED) is 0.0948. The first kappa shape index (κ1) is 34.2. The Morgan fingerprint density at radius 1 is 0.919 bits per heavy atom. The average molecular weight is 524 g/mol. The zero-order chi connectivity index (χ0) is 27.4. The van der Waals surface area contributed by atoms with E-state index in [1.54, 1.807) is 11.8 Å². The molecule has 204 valence electrons. The first-order chi connectivity index (χ1) is 18.2. The molecule has 2 aromatic carbocycles. The molecular weight excluding hydrogens is 474 g/mol. The second-order valence-corrected chi connectivity index (χ2v) is 9.13. The number of aryl methyl sites for hydroxylation is 1. The van der Waals surface area contributed by atoms with Crippen LogP contribution in [0.1, 0.15) is 65.4 Å². The van der Waals surface area contributed by atoms with E-state index in [2.05, 4.69) is 78.6 Å². The molecule has 1 unspecified atom stereocenters. The van der Waals surface area contributed by atoms with Crippen LogP contribution < -0.4 is 16.2 Å². The molecule has 2 rings (SSSR count). The van der Waals surface area contributed by atoms with Crippen molar-refractivity contribution in [3.63, 3.8) is 0 Å². The Morgan fingerprint density at radius 2 is 1.54 bits per heavy atom. The Morgan fingerprint density at radius 3 is 2.11 bits per heavy atom. The molecule has 0 saturated carbocycles. The van der Waals surface area contributed by atoms with Crippen LogP contribution in [-0.2, 0) is 4.79 Å². The van der Waals surface area contributed by atoms with Gasteiger partial charge in [-0.3, -0.25) is 4.79 Å². The van der Waals surface area contributed by atoms with Crippen LogP contribution in [0.5, 0.6) is 0 Å². The largest absolute Gasteiger partial charge is 0.350 e. The van der Waals surface area contributed by atoms with Crippen molar-refractivity contribution in [2.75, 3.05) is 17.1 Å². The number of nitrogens with one attached hydrogen (secondary N) is 3. The number of carbonyl (C=O) groups excluding carboxylic acids is 1. The standard InChI is InChI=1S/C23H35N3OS.C7H8.C2H6/c1-3-5-6-7-8-9-11-15-21(14-4-2)25-23(27)18-19-28-20-24-26-22-16-12-10-13-17-22;1-7-5-3-2-4-6-7;1-2/h3,5,7-8,10-13,15-17,21,24,26H,4,6,9,14,18-20H2,1-2H3,(H,25,27);2-6H,1H3;1-2H3/b5-3-,8-7?,15-11+;;. The van der Waals surface area contributed by atoms with Crippen LogP contribution in [0.4, 0.5) is 5.69 Å². The van der Waals surface area contributed by atoms with Gasteiger partial charge in [0.1, 0.15) is 0 Å². The van der Waals surface area contributed by atoms with Crippen LogP contribution in [0.2, 0.25) is 0 Å². The Labute approximate surface area is 231 Å². The van der Waals surface area contributed by atoms with Crippen molar-refractivity contribution in [1.29, 1.82) is 0 Å². The first-order valence-electron chi connectivity index (χ1n) is 13.5. The van der Waals surface area contributed by atoms with Crippen LogP contribution >= 0.6 is 11.8 Å². The van der Waals surface area contributed by atoms with E-state index in [1.165, 1.54) is 5.56 Å². The third-order valence-electron chi connectivity index (χ3n) is 4.86. The number of para-hydroxylation sites is 1. The van der Waals surface area contributed by atoms with Crippen molar-refractivity contribution in [2.45, 2.75) is 72.8 Å². The van der Waals surface area contributed by atoms with Crippen molar-refractivity contribution in [3.8, 4) is 0 Å². The lowest BCUT2D eigenvalue weighted by molar-refractivity contribution is -0.121. The molecule has 0 aliphatic carbocycles. The molecule has 2 aromatic rings. The molecule has 0 aliphatic rings. The van der Waals surface area contributed by atoms with Gasteiger partial charge in [0, 0.05) is 23.9 Å². The molecule has 4 nitrogen and oxygen atoms in total. The second-order valence-electron chi connectivity index (χ2n) is 8.03. The van der Waals surface area contributed by atoms with E-state index in [0.717, 1.165) is 43.0 Å². The highest BCUT2D eigenvalue weighted by Crippen LogP contribution is 2.06. The molecule has 3 N–H and O–H groups in total. The van der Waals surface area contributed by atoms with E-state index in [9.17, 15) is 4.79 Å². The summed E-state index contributed by atoms with van der Waals surface area (Å²) in [5, 5.41) is 3.14. The summed E-state index contributed by atoms with van der Waals surface area (Å²) in [5.41, 5.74) is 8.64. The monoisotopic (exact) mass is 523 g/mol. The van der Waals surface area contributed by atoms with Gasteiger partial charge in [-0.1, -0.05) is 118 Å². The molecule has 0 aliphatic heterocycles. The molecule has 0 spiro atoms. The molecule has 1 amide bonds. The zero-order valence-electron chi connectivity index (χ0n) is 23.6. The van der Waals surface area contributed by atoms with Gasteiger partial charge in [-0.05, 0) is 45.2 Å². The van der Waals surface area contributed by atoms with Crippen molar-refractivity contribution in [3.05, 3.63) is 103 Å². The summed E-state index contributed by atoms with van der Waals surface area (Å²) in [6.45, 7) is 10.3. The summed E-state index contributed by atoms with van der Waals surface area (Å²) < 4.78 is 0. The lowest BCUT2D eigenvalue weighted by Crippen LogP contribution is -2.33. The van der Waals surface area contributed by atoms with Crippen molar-refractivity contribution >= 4 is 23.4 Å². The number of anilines is 1. The minimum Gasteiger partial charge on any atom is -0.350 e. The Kier molecular flexibility index (Phi) is 24.3. The highest BCUT2D eigenvalue weighted by atomic mass is 32.2. The predicted octanol–water partition coefficient (Wildman–Crippen LogP) is 8.46. The SMILES string of the molecule is C/C=C\CC=CC/C=C/C(CCC)NC(=O)CCSCNNc1ccccc1.CC.Cc1ccccc1. The Balaban J connectivity index is 0.00000121. The second kappa shape index (κ2) is 26.3. The molecule has 1 atom stereocenters. The van der Waals surface area contributed by atoms with Gasteiger partial charge in [-0.2, -0.15) is 0 Å². The zero-order valence-corrected chi connectivity index (χ0v) is 24.4. The van der Waals surface area contributed by atoms with Crippen LogP contribution in [0.15, 0.2) is 97.1 Å². The van der Waals surface area contributed by atoms with E-state index in [-0.39, 0.29) is 11.9 Å². The maximum atomic E-state index is 12.2. The third-order valence-corrected chi connectivity index (χ3v) is 5.70. The normalized spacial score (nSPS) is 11.5. The number of thioether (sulfide) groups is 1. The number of benzene rings is 2. The van der Waals surface area contributed by atoms with E-state index in [4.69, 9.17) is 0 Å². The van der Waals surface area contributed by atoms with Crippen molar-refractivity contribution < 1.29 is 4.79 Å². The van der Waals surface area contributed by atoms with E-state index in [0.29, 0.717) is 6.42 Å². The molecule has 5 heteroatoms. The smallest absolute Gasteiger partial charge is 0.221 e. The fraction of sp³-hybridized carbons (Fsp3) is 0.406. The molecule has 0 heterocycles. The fourth-order valence-electron chi connectivity index (χ4n) is 3.02. The summed E-state index contributed by atoms with van der Waals surface area (Å²) in [6, 6.07) is 20.4. The van der Waals surface area contributed by atoms with Crippen LogP contribution in [0.25, 0.3) is 0 Å². The topological polar surface area (TPSA) is 53.2 Å².